The molecule has 0 unspecified atom stereocenters. The zero-order valence-electron chi connectivity index (χ0n) is 20.9. The van der Waals surface area contributed by atoms with Gasteiger partial charge in [-0.25, -0.2) is 5.43 Å². The molecule has 1 amide bonds. The van der Waals surface area contributed by atoms with E-state index in [1.54, 1.807) is 24.4 Å². The number of hydrogen-bond acceptors (Lipinski definition) is 8. The fourth-order valence-electron chi connectivity index (χ4n) is 3.65. The number of aromatic nitrogens is 2. The third-order valence-electron chi connectivity index (χ3n) is 5.58. The van der Waals surface area contributed by atoms with Gasteiger partial charge >= 0.3 is 0 Å². The molecule has 0 aliphatic heterocycles. The second-order valence-electron chi connectivity index (χ2n) is 8.40. The van der Waals surface area contributed by atoms with Crippen LogP contribution in [-0.2, 0) is 18.0 Å². The zero-order valence-corrected chi connectivity index (χ0v) is 23.2. The van der Waals surface area contributed by atoms with Crippen LogP contribution in [0, 0.1) is 0 Å². The largest absolute Gasteiger partial charge is 0.489 e. The van der Waals surface area contributed by atoms with Crippen LogP contribution in [0.2, 0.25) is 10.0 Å². The fourth-order valence-corrected chi connectivity index (χ4v) is 4.69. The molecule has 0 radical (unpaired) electrons. The van der Waals surface area contributed by atoms with Gasteiger partial charge in [0.2, 0.25) is 0 Å². The predicted molar refractivity (Wildman–Crippen MR) is 156 cm³/mol. The molecule has 11 heteroatoms. The molecular weight excluding hydrogens is 571 g/mol. The van der Waals surface area contributed by atoms with Gasteiger partial charge < -0.3 is 13.9 Å². The monoisotopic (exact) mass is 592 g/mol. The first kappa shape index (κ1) is 27.5. The van der Waals surface area contributed by atoms with Crippen LogP contribution in [0.5, 0.6) is 11.5 Å². The van der Waals surface area contributed by atoms with Gasteiger partial charge in [0, 0.05) is 5.02 Å². The number of amides is 1. The Morgan fingerprint density at radius 3 is 2.62 bits per heavy atom. The van der Waals surface area contributed by atoms with Gasteiger partial charge in [-0.2, -0.15) is 5.10 Å². The zero-order chi connectivity index (χ0) is 27.7. The van der Waals surface area contributed by atoms with E-state index in [-0.39, 0.29) is 29.4 Å². The summed E-state index contributed by atoms with van der Waals surface area (Å²) in [5.74, 6) is 1.16. The Balaban J connectivity index is 1.04. The summed E-state index contributed by atoms with van der Waals surface area (Å²) < 4.78 is 17.0. The van der Waals surface area contributed by atoms with Crippen molar-refractivity contribution in [3.05, 3.63) is 112 Å². The van der Waals surface area contributed by atoms with Crippen molar-refractivity contribution in [3.63, 3.8) is 0 Å². The molecule has 0 aliphatic carbocycles. The Labute approximate surface area is 244 Å². The lowest BCUT2D eigenvalue weighted by atomic mass is 10.1. The van der Waals surface area contributed by atoms with E-state index in [1.165, 1.54) is 10.8 Å². The van der Waals surface area contributed by atoms with Crippen molar-refractivity contribution in [3.8, 4) is 11.5 Å². The van der Waals surface area contributed by atoms with E-state index in [0.717, 1.165) is 28.6 Å². The molecule has 1 N–H and O–H groups in total. The standard InChI is InChI=1S/C29H22Cl2N4O4S/c30-22-10-13-26(25(31)14-22)38-17-28-34-35-29(39-28)40-18-27(36)33-32-15-19-8-11-23(12-9-19)37-16-21-6-3-5-20-4-1-2-7-24(20)21/h1-15H,16-18H2,(H,33,36)/b32-15-. The van der Waals surface area contributed by atoms with E-state index in [4.69, 9.17) is 37.1 Å². The van der Waals surface area contributed by atoms with Gasteiger partial charge in [-0.1, -0.05) is 77.4 Å². The molecule has 1 heterocycles. The smallest absolute Gasteiger partial charge is 0.277 e. The van der Waals surface area contributed by atoms with Crippen molar-refractivity contribution < 1.29 is 18.7 Å². The van der Waals surface area contributed by atoms with Crippen LogP contribution in [0.4, 0.5) is 0 Å². The first-order valence-electron chi connectivity index (χ1n) is 12.1. The second-order valence-corrected chi connectivity index (χ2v) is 10.2. The molecule has 0 spiro atoms. The van der Waals surface area contributed by atoms with E-state index in [0.29, 0.717) is 22.4 Å². The van der Waals surface area contributed by atoms with Gasteiger partial charge in [0.15, 0.2) is 6.61 Å². The quantitative estimate of drug-likeness (QED) is 0.101. The molecule has 0 atom stereocenters. The van der Waals surface area contributed by atoms with Gasteiger partial charge in [-0.05, 0) is 64.4 Å². The maximum Gasteiger partial charge on any atom is 0.277 e. The molecule has 0 bridgehead atoms. The maximum absolute atomic E-state index is 12.2. The number of nitrogens with zero attached hydrogens (tertiary/aromatic N) is 3. The number of carbonyl (C=O) groups is 1. The first-order chi connectivity index (χ1) is 19.5. The summed E-state index contributed by atoms with van der Waals surface area (Å²) in [6, 6.07) is 26.8. The summed E-state index contributed by atoms with van der Waals surface area (Å²) >= 11 is 13.0. The van der Waals surface area contributed by atoms with Gasteiger partial charge in [0.05, 0.1) is 17.0 Å². The predicted octanol–water partition coefficient (Wildman–Crippen LogP) is 6.93. The van der Waals surface area contributed by atoms with Crippen LogP contribution in [0.1, 0.15) is 17.0 Å². The first-order valence-corrected chi connectivity index (χ1v) is 13.8. The molecule has 0 saturated heterocycles. The minimum Gasteiger partial charge on any atom is -0.489 e. The van der Waals surface area contributed by atoms with Crippen molar-refractivity contribution in [2.24, 2.45) is 5.10 Å². The third kappa shape index (κ3) is 7.53. The minimum atomic E-state index is -0.319. The van der Waals surface area contributed by atoms with Crippen molar-refractivity contribution >= 4 is 57.9 Å². The Bertz CT molecular complexity index is 1640. The normalized spacial score (nSPS) is 11.2. The highest BCUT2D eigenvalue weighted by Crippen LogP contribution is 2.28. The Morgan fingerprint density at radius 1 is 0.950 bits per heavy atom. The number of hydrogen-bond donors (Lipinski definition) is 1. The number of ether oxygens (including phenoxy) is 2. The highest BCUT2D eigenvalue weighted by Gasteiger charge is 2.11. The summed E-state index contributed by atoms with van der Waals surface area (Å²) in [6.45, 7) is 0.492. The van der Waals surface area contributed by atoms with Gasteiger partial charge in [-0.15, -0.1) is 10.2 Å². The van der Waals surface area contributed by atoms with Gasteiger partial charge in [0.25, 0.3) is 17.0 Å². The molecule has 8 nitrogen and oxygen atoms in total. The Morgan fingerprint density at radius 2 is 1.77 bits per heavy atom. The number of hydrazone groups is 1. The van der Waals surface area contributed by atoms with Crippen LogP contribution in [0.15, 0.2) is 99.7 Å². The molecule has 4 aromatic carbocycles. The number of benzene rings is 4. The van der Waals surface area contributed by atoms with Gasteiger partial charge in [0.1, 0.15) is 18.1 Å². The van der Waals surface area contributed by atoms with Gasteiger partial charge in [-0.3, -0.25) is 4.79 Å². The summed E-state index contributed by atoms with van der Waals surface area (Å²) in [5.41, 5.74) is 4.42. The molecule has 0 aliphatic rings. The molecule has 5 rings (SSSR count). The summed E-state index contributed by atoms with van der Waals surface area (Å²) in [5, 5.41) is 15.3. The van der Waals surface area contributed by atoms with Crippen molar-refractivity contribution in [2.75, 3.05) is 5.75 Å². The second kappa shape index (κ2) is 13.3. The van der Waals surface area contributed by atoms with Crippen LogP contribution in [0.25, 0.3) is 10.8 Å². The number of thioether (sulfide) groups is 1. The highest BCUT2D eigenvalue weighted by atomic mass is 35.5. The van der Waals surface area contributed by atoms with Crippen LogP contribution >= 0.6 is 35.0 Å². The number of carbonyl (C=O) groups excluding carboxylic acids is 1. The topological polar surface area (TPSA) is 98.8 Å². The third-order valence-corrected chi connectivity index (χ3v) is 6.93. The van der Waals surface area contributed by atoms with E-state index in [1.807, 2.05) is 42.5 Å². The Kier molecular flexibility index (Phi) is 9.18. The average Bonchev–Trinajstić information content (AvgIpc) is 3.43. The maximum atomic E-state index is 12.2. The molecule has 0 saturated carbocycles. The lowest BCUT2D eigenvalue weighted by Gasteiger charge is -2.09. The van der Waals surface area contributed by atoms with Crippen LogP contribution in [0.3, 0.4) is 0 Å². The summed E-state index contributed by atoms with van der Waals surface area (Å²) in [6.07, 6.45) is 1.56. The number of nitrogens with one attached hydrogen (secondary N) is 1. The number of halogens is 2. The lowest BCUT2D eigenvalue weighted by molar-refractivity contribution is -0.118. The van der Waals surface area contributed by atoms with Crippen molar-refractivity contribution in [1.29, 1.82) is 0 Å². The lowest BCUT2D eigenvalue weighted by Crippen LogP contribution is -2.19. The molecule has 202 valence electrons. The van der Waals surface area contributed by atoms with E-state index in [9.17, 15) is 4.79 Å². The van der Waals surface area contributed by atoms with Crippen molar-refractivity contribution in [2.45, 2.75) is 18.4 Å². The molecule has 5 aromatic rings. The molecular formula is C29H22Cl2N4O4S. The minimum absolute atomic E-state index is 0.0262. The van der Waals surface area contributed by atoms with E-state index >= 15 is 0 Å². The number of rotatable bonds is 11. The Hall–Kier alpha value is -4.05. The summed E-state index contributed by atoms with van der Waals surface area (Å²) in [4.78, 5) is 12.2. The highest BCUT2D eigenvalue weighted by molar-refractivity contribution is 7.99. The molecule has 0 fully saturated rings. The van der Waals surface area contributed by atoms with E-state index in [2.05, 4.69) is 45.0 Å². The fraction of sp³-hybridized carbons (Fsp3) is 0.103. The van der Waals surface area contributed by atoms with Crippen LogP contribution in [-0.4, -0.2) is 28.1 Å². The molecule has 40 heavy (non-hydrogen) atoms. The number of fused-ring (bicyclic) bond motifs is 1. The molecule has 1 aromatic heterocycles. The van der Waals surface area contributed by atoms with Crippen molar-refractivity contribution in [1.82, 2.24) is 15.6 Å². The summed E-state index contributed by atoms with van der Waals surface area (Å²) in [7, 11) is 0. The average molecular weight is 593 g/mol. The van der Waals surface area contributed by atoms with Crippen LogP contribution < -0.4 is 14.9 Å². The SMILES string of the molecule is O=C(CSc1nnc(COc2ccc(Cl)cc2Cl)o1)N/N=C\c1ccc(OCc2cccc3ccccc23)cc1. The van der Waals surface area contributed by atoms with E-state index < -0.39 is 0 Å².